The molecule has 0 saturated heterocycles. The van der Waals surface area contributed by atoms with Crippen molar-refractivity contribution < 1.29 is 26.5 Å². The molecule has 1 heterocycles. The van der Waals surface area contributed by atoms with Crippen LogP contribution in [0.25, 0.3) is 0 Å². The summed E-state index contributed by atoms with van der Waals surface area (Å²) in [4.78, 5) is 3.97. The monoisotopic (exact) mass is 415 g/mol. The largest absolute Gasteiger partial charge is 0.416 e. The normalized spacial score (nSPS) is 27.2. The van der Waals surface area contributed by atoms with Gasteiger partial charge in [0, 0.05) is 24.6 Å². The minimum absolute atomic E-state index is 0.0166. The molecule has 0 atom stereocenters. The molecule has 29 heavy (non-hydrogen) atoms. The van der Waals surface area contributed by atoms with Gasteiger partial charge in [0.15, 0.2) is 5.82 Å². The van der Waals surface area contributed by atoms with Crippen molar-refractivity contribution in [1.29, 1.82) is 0 Å². The van der Waals surface area contributed by atoms with Gasteiger partial charge in [-0.3, -0.25) is 0 Å². The molecule has 3 aliphatic rings. The van der Waals surface area contributed by atoms with Crippen LogP contribution in [0.3, 0.4) is 0 Å². The average Bonchev–Trinajstić information content (AvgIpc) is 3.19. The number of halogens is 5. The Kier molecular flexibility index (Phi) is 4.62. The van der Waals surface area contributed by atoms with E-state index in [1.807, 2.05) is 0 Å². The van der Waals surface area contributed by atoms with Crippen LogP contribution >= 0.6 is 0 Å². The lowest BCUT2D eigenvalue weighted by Crippen LogP contribution is -2.47. The van der Waals surface area contributed by atoms with E-state index >= 15 is 0 Å². The van der Waals surface area contributed by atoms with Crippen LogP contribution in [0.5, 0.6) is 0 Å². The number of rotatable bonds is 5. The second-order valence-electron chi connectivity index (χ2n) is 8.52. The molecule has 0 unspecified atom stereocenters. The molecule has 4 nitrogen and oxygen atoms in total. The molecule has 0 spiro atoms. The van der Waals surface area contributed by atoms with E-state index in [0.717, 1.165) is 57.6 Å². The van der Waals surface area contributed by atoms with Crippen LogP contribution in [0.1, 0.15) is 62.7 Å². The maximum Gasteiger partial charge on any atom is 0.416 e. The van der Waals surface area contributed by atoms with Crippen molar-refractivity contribution in [1.82, 2.24) is 10.1 Å². The molecule has 1 N–H and O–H groups in total. The van der Waals surface area contributed by atoms with E-state index in [-0.39, 0.29) is 10.8 Å². The molecule has 9 heteroatoms. The fourth-order valence-corrected chi connectivity index (χ4v) is 4.58. The van der Waals surface area contributed by atoms with Crippen molar-refractivity contribution in [3.8, 4) is 0 Å². The summed E-state index contributed by atoms with van der Waals surface area (Å²) < 4.78 is 70.3. The molecule has 1 aromatic heterocycles. The maximum absolute atomic E-state index is 13.4. The van der Waals surface area contributed by atoms with E-state index in [2.05, 4.69) is 15.5 Å². The van der Waals surface area contributed by atoms with Gasteiger partial charge in [-0.15, -0.1) is 0 Å². The Morgan fingerprint density at radius 3 is 2.24 bits per heavy atom. The van der Waals surface area contributed by atoms with Gasteiger partial charge in [0.1, 0.15) is 0 Å². The average molecular weight is 415 g/mol. The molecule has 2 bridgehead atoms. The lowest BCUT2D eigenvalue weighted by molar-refractivity contribution is -0.137. The number of hydrogen-bond acceptors (Lipinski definition) is 4. The van der Waals surface area contributed by atoms with Crippen LogP contribution in [-0.2, 0) is 17.5 Å². The highest BCUT2D eigenvalue weighted by atomic mass is 19.4. The highest BCUT2D eigenvalue weighted by Gasteiger charge is 2.52. The van der Waals surface area contributed by atoms with Crippen molar-refractivity contribution >= 4 is 5.69 Å². The van der Waals surface area contributed by atoms with Gasteiger partial charge in [-0.1, -0.05) is 11.2 Å². The minimum atomic E-state index is -4.37. The highest BCUT2D eigenvalue weighted by molar-refractivity contribution is 5.46. The first-order chi connectivity index (χ1) is 13.5. The first-order valence-corrected chi connectivity index (χ1v) is 9.65. The van der Waals surface area contributed by atoms with Crippen molar-refractivity contribution in [2.45, 2.75) is 63.0 Å². The van der Waals surface area contributed by atoms with Crippen molar-refractivity contribution in [2.75, 3.05) is 11.9 Å². The van der Waals surface area contributed by atoms with Crippen molar-refractivity contribution in [3.63, 3.8) is 0 Å². The summed E-state index contributed by atoms with van der Waals surface area (Å²) in [7, 11) is 0. The van der Waals surface area contributed by atoms with Crippen LogP contribution in [0, 0.1) is 5.41 Å². The lowest BCUT2D eigenvalue weighted by atomic mass is 9.53. The maximum atomic E-state index is 13.4. The molecule has 3 fully saturated rings. The first-order valence-electron chi connectivity index (χ1n) is 9.65. The molecule has 0 radical (unpaired) electrons. The zero-order valence-electron chi connectivity index (χ0n) is 16.0. The summed E-state index contributed by atoms with van der Waals surface area (Å²) in [6, 6.07) is 5.21. The predicted molar refractivity (Wildman–Crippen MR) is 95.6 cm³/mol. The van der Waals surface area contributed by atoms with E-state index in [0.29, 0.717) is 18.1 Å². The molecular formula is C20H22F5N3O. The Morgan fingerprint density at radius 1 is 1.03 bits per heavy atom. The number of aromatic nitrogens is 2. The molecule has 0 amide bonds. The van der Waals surface area contributed by atoms with Gasteiger partial charge >= 0.3 is 12.1 Å². The zero-order chi connectivity index (χ0) is 20.9. The second-order valence-corrected chi connectivity index (χ2v) is 8.52. The Hall–Kier alpha value is -2.19. The molecule has 5 rings (SSSR count). The Bertz CT molecular complexity index is 862. The highest BCUT2D eigenvalue weighted by Crippen LogP contribution is 2.57. The van der Waals surface area contributed by atoms with Gasteiger partial charge in [-0.05, 0) is 62.1 Å². The number of anilines is 1. The second kappa shape index (κ2) is 6.67. The fraction of sp³-hybridized carbons (Fsp3) is 0.600. The molecule has 158 valence electrons. The van der Waals surface area contributed by atoms with Gasteiger partial charge < -0.3 is 9.84 Å². The van der Waals surface area contributed by atoms with Gasteiger partial charge in [-0.25, -0.2) is 0 Å². The topological polar surface area (TPSA) is 51.0 Å². The third-order valence-electron chi connectivity index (χ3n) is 6.53. The van der Waals surface area contributed by atoms with E-state index in [4.69, 9.17) is 4.52 Å². The molecule has 2 aromatic rings. The number of nitrogens with zero attached hydrogens (tertiary/aromatic N) is 2. The minimum Gasteiger partial charge on any atom is -0.384 e. The van der Waals surface area contributed by atoms with Crippen molar-refractivity contribution in [2.24, 2.45) is 5.41 Å². The molecular weight excluding hydrogens is 393 g/mol. The zero-order valence-corrected chi connectivity index (χ0v) is 16.0. The lowest BCUT2D eigenvalue weighted by Gasteiger charge is -2.52. The standard InChI is InChI=1S/C20H22F5N3O/c1-17(21,22)16-27-15(28-29-16)19-8-5-18(6-9-19,7-10-19)12-26-14-4-2-3-13(11-14)20(23,24)25/h2-4,11,26H,5-10,12H2,1H3. The van der Waals surface area contributed by atoms with Crippen LogP contribution < -0.4 is 5.32 Å². The summed E-state index contributed by atoms with van der Waals surface area (Å²) in [5.41, 5.74) is -0.584. The van der Waals surface area contributed by atoms with Gasteiger partial charge in [0.05, 0.1) is 5.56 Å². The summed E-state index contributed by atoms with van der Waals surface area (Å²) >= 11 is 0. The van der Waals surface area contributed by atoms with Gasteiger partial charge in [0.2, 0.25) is 0 Å². The Morgan fingerprint density at radius 2 is 1.69 bits per heavy atom. The molecule has 3 aliphatic carbocycles. The number of alkyl halides is 5. The van der Waals surface area contributed by atoms with E-state index < -0.39 is 23.6 Å². The Balaban J connectivity index is 1.42. The number of fused-ring (bicyclic) bond motifs is 3. The number of nitrogens with one attached hydrogen (secondary N) is 1. The molecule has 1 aromatic carbocycles. The predicted octanol–water partition coefficient (Wildman–Crippen LogP) is 5.90. The Labute approximate surface area is 164 Å². The molecule has 0 aliphatic heterocycles. The van der Waals surface area contributed by atoms with Crippen LogP contribution in [0.15, 0.2) is 28.8 Å². The van der Waals surface area contributed by atoms with Crippen LogP contribution in [0.4, 0.5) is 27.6 Å². The van der Waals surface area contributed by atoms with E-state index in [1.54, 1.807) is 6.07 Å². The summed E-state index contributed by atoms with van der Waals surface area (Å²) in [5.74, 6) is -3.47. The van der Waals surface area contributed by atoms with Crippen LogP contribution in [-0.4, -0.2) is 16.7 Å². The summed E-state index contributed by atoms with van der Waals surface area (Å²) in [6.45, 7) is 1.31. The SMILES string of the molecule is CC(F)(F)c1nc(C23CCC(CNc4cccc(C(F)(F)F)c4)(CC2)CC3)no1. The first kappa shape index (κ1) is 20.1. The number of benzene rings is 1. The summed E-state index contributed by atoms with van der Waals surface area (Å²) in [5, 5.41) is 7.01. The summed E-state index contributed by atoms with van der Waals surface area (Å²) in [6.07, 6.45) is 0.411. The smallest absolute Gasteiger partial charge is 0.384 e. The number of hydrogen-bond donors (Lipinski definition) is 1. The van der Waals surface area contributed by atoms with Gasteiger partial charge in [0.25, 0.3) is 5.89 Å². The van der Waals surface area contributed by atoms with Crippen LogP contribution in [0.2, 0.25) is 0 Å². The molecule has 3 saturated carbocycles. The third-order valence-corrected chi connectivity index (χ3v) is 6.53. The third kappa shape index (κ3) is 3.83. The van der Waals surface area contributed by atoms with Crippen molar-refractivity contribution in [3.05, 3.63) is 41.5 Å². The van der Waals surface area contributed by atoms with E-state index in [1.165, 1.54) is 6.07 Å². The van der Waals surface area contributed by atoms with Gasteiger partial charge in [-0.2, -0.15) is 26.9 Å². The van der Waals surface area contributed by atoms with E-state index in [9.17, 15) is 22.0 Å². The fourth-order valence-electron chi connectivity index (χ4n) is 4.58. The quantitative estimate of drug-likeness (QED) is 0.618.